The van der Waals surface area contributed by atoms with E-state index < -0.39 is 0 Å². The standard InChI is InChI=1S/C13H17N3O3/c17-12(19-7-11-14-13(18)16-15-11)6-10-5-8-1-3-9(10)4-2-8/h1,3,8-10H,2,4-7H2,(H2,14,15,16,18)/t8-,9+,10+/m1/s1. The molecule has 6 nitrogen and oxygen atoms in total. The van der Waals surface area contributed by atoms with Gasteiger partial charge in [-0.2, -0.15) is 5.10 Å². The SMILES string of the molecule is O=C(C[C@@H]1C[C@@H]2C=C[C@H]1CC2)OCc1n[nH]c(=O)[nH]1. The van der Waals surface area contributed by atoms with Gasteiger partial charge in [-0.05, 0) is 37.0 Å². The van der Waals surface area contributed by atoms with Crippen LogP contribution in [0.3, 0.4) is 0 Å². The van der Waals surface area contributed by atoms with Crippen molar-refractivity contribution in [3.05, 3.63) is 28.5 Å². The van der Waals surface area contributed by atoms with Gasteiger partial charge in [-0.3, -0.25) is 9.78 Å². The van der Waals surface area contributed by atoms with Gasteiger partial charge in [0.1, 0.15) is 0 Å². The van der Waals surface area contributed by atoms with Crippen LogP contribution in [0.2, 0.25) is 0 Å². The van der Waals surface area contributed by atoms with E-state index in [9.17, 15) is 9.59 Å². The second-order valence-corrected chi connectivity index (χ2v) is 5.37. The van der Waals surface area contributed by atoms with E-state index in [4.69, 9.17) is 4.74 Å². The molecular formula is C13H17N3O3. The van der Waals surface area contributed by atoms with Gasteiger partial charge in [-0.15, -0.1) is 0 Å². The maximum absolute atomic E-state index is 11.8. The molecule has 0 saturated heterocycles. The zero-order valence-electron chi connectivity index (χ0n) is 10.6. The van der Waals surface area contributed by atoms with Crippen molar-refractivity contribution < 1.29 is 9.53 Å². The van der Waals surface area contributed by atoms with Crippen molar-refractivity contribution in [3.8, 4) is 0 Å². The minimum Gasteiger partial charge on any atom is -0.457 e. The van der Waals surface area contributed by atoms with E-state index in [1.165, 1.54) is 12.8 Å². The third-order valence-electron chi connectivity index (χ3n) is 4.06. The molecule has 3 atom stereocenters. The lowest BCUT2D eigenvalue weighted by Gasteiger charge is -2.37. The van der Waals surface area contributed by atoms with Crippen LogP contribution in [0.4, 0.5) is 0 Å². The fraction of sp³-hybridized carbons (Fsp3) is 0.615. The van der Waals surface area contributed by atoms with E-state index in [-0.39, 0.29) is 18.3 Å². The molecule has 0 amide bonds. The Bertz CT molecular complexity index is 545. The van der Waals surface area contributed by atoms with Crippen LogP contribution in [0.15, 0.2) is 16.9 Å². The topological polar surface area (TPSA) is 87.8 Å². The molecule has 0 spiro atoms. The number of esters is 1. The molecule has 19 heavy (non-hydrogen) atoms. The third-order valence-corrected chi connectivity index (χ3v) is 4.06. The van der Waals surface area contributed by atoms with Crippen LogP contribution < -0.4 is 5.69 Å². The molecule has 1 saturated carbocycles. The first-order chi connectivity index (χ1) is 9.20. The van der Waals surface area contributed by atoms with E-state index in [0.717, 1.165) is 6.42 Å². The predicted octanol–water partition coefficient (Wildman–Crippen LogP) is 1.13. The van der Waals surface area contributed by atoms with E-state index in [1.807, 2.05) is 0 Å². The Kier molecular flexibility index (Phi) is 3.23. The Balaban J connectivity index is 1.49. The van der Waals surface area contributed by atoms with Crippen molar-refractivity contribution in [2.24, 2.45) is 17.8 Å². The summed E-state index contributed by atoms with van der Waals surface area (Å²) in [6.07, 6.45) is 8.52. The van der Waals surface area contributed by atoms with Crippen LogP contribution in [0.5, 0.6) is 0 Å². The number of ether oxygens (including phenoxy) is 1. The van der Waals surface area contributed by atoms with Gasteiger partial charge in [0.15, 0.2) is 12.4 Å². The molecule has 3 aliphatic rings. The van der Waals surface area contributed by atoms with Crippen LogP contribution in [-0.2, 0) is 16.1 Å². The maximum atomic E-state index is 11.8. The number of H-pyrrole nitrogens is 2. The Morgan fingerprint density at radius 2 is 2.32 bits per heavy atom. The number of aromatic nitrogens is 3. The zero-order chi connectivity index (χ0) is 13.2. The number of allylic oxidation sites excluding steroid dienone is 2. The molecule has 1 heterocycles. The lowest BCUT2D eigenvalue weighted by molar-refractivity contribution is -0.147. The first kappa shape index (κ1) is 12.2. The lowest BCUT2D eigenvalue weighted by atomic mass is 9.68. The quantitative estimate of drug-likeness (QED) is 0.629. The summed E-state index contributed by atoms with van der Waals surface area (Å²) in [5, 5.41) is 5.93. The monoisotopic (exact) mass is 263 g/mol. The molecule has 0 aromatic carbocycles. The van der Waals surface area contributed by atoms with Crippen LogP contribution >= 0.6 is 0 Å². The Labute approximate surface area is 110 Å². The number of nitrogens with zero attached hydrogens (tertiary/aromatic N) is 1. The largest absolute Gasteiger partial charge is 0.457 e. The predicted molar refractivity (Wildman–Crippen MR) is 67.1 cm³/mol. The molecule has 2 N–H and O–H groups in total. The van der Waals surface area contributed by atoms with E-state index in [2.05, 4.69) is 27.3 Å². The number of aromatic amines is 2. The Hall–Kier alpha value is -1.85. The fourth-order valence-electron chi connectivity index (χ4n) is 3.08. The first-order valence-electron chi connectivity index (χ1n) is 6.68. The van der Waals surface area contributed by atoms with Crippen LogP contribution in [0, 0.1) is 17.8 Å². The summed E-state index contributed by atoms with van der Waals surface area (Å²) in [6, 6.07) is 0. The molecule has 0 unspecified atom stereocenters. The highest BCUT2D eigenvalue weighted by Gasteiger charge is 2.33. The van der Waals surface area contributed by atoms with Gasteiger partial charge in [0.25, 0.3) is 0 Å². The summed E-state index contributed by atoms with van der Waals surface area (Å²) >= 11 is 0. The number of nitrogens with one attached hydrogen (secondary N) is 2. The summed E-state index contributed by atoms with van der Waals surface area (Å²) in [6.45, 7) is 0.0221. The third kappa shape index (κ3) is 2.77. The molecule has 4 rings (SSSR count). The minimum atomic E-state index is -0.388. The normalized spacial score (nSPS) is 28.5. The molecule has 6 heteroatoms. The van der Waals surface area contributed by atoms with Crippen LogP contribution in [-0.4, -0.2) is 21.2 Å². The second kappa shape index (κ2) is 5.03. The smallest absolute Gasteiger partial charge is 0.340 e. The van der Waals surface area contributed by atoms with Gasteiger partial charge >= 0.3 is 11.7 Å². The van der Waals surface area contributed by atoms with Crippen molar-refractivity contribution in [3.63, 3.8) is 0 Å². The summed E-state index contributed by atoms with van der Waals surface area (Å²) in [7, 11) is 0. The average molecular weight is 263 g/mol. The summed E-state index contributed by atoms with van der Waals surface area (Å²) < 4.78 is 5.14. The van der Waals surface area contributed by atoms with Crippen LogP contribution in [0.1, 0.15) is 31.5 Å². The highest BCUT2D eigenvalue weighted by molar-refractivity contribution is 5.69. The molecule has 0 radical (unpaired) electrons. The van der Waals surface area contributed by atoms with Crippen molar-refractivity contribution >= 4 is 5.97 Å². The van der Waals surface area contributed by atoms with Gasteiger partial charge in [0.05, 0.1) is 0 Å². The summed E-state index contributed by atoms with van der Waals surface area (Å²) in [5.74, 6) is 1.72. The molecular weight excluding hydrogens is 246 g/mol. The molecule has 2 bridgehead atoms. The van der Waals surface area contributed by atoms with Crippen molar-refractivity contribution in [2.45, 2.75) is 32.3 Å². The first-order valence-corrected chi connectivity index (χ1v) is 6.68. The summed E-state index contributed by atoms with van der Waals surface area (Å²) in [4.78, 5) is 25.1. The molecule has 1 aromatic rings. The number of rotatable bonds is 4. The molecule has 1 aromatic heterocycles. The van der Waals surface area contributed by atoms with Crippen molar-refractivity contribution in [2.75, 3.05) is 0 Å². The number of carbonyl (C=O) groups excluding carboxylic acids is 1. The van der Waals surface area contributed by atoms with Gasteiger partial charge < -0.3 is 4.74 Å². The lowest BCUT2D eigenvalue weighted by Crippen LogP contribution is -2.29. The highest BCUT2D eigenvalue weighted by Crippen LogP contribution is 2.41. The van der Waals surface area contributed by atoms with E-state index in [1.54, 1.807) is 0 Å². The van der Waals surface area contributed by atoms with Crippen molar-refractivity contribution in [1.29, 1.82) is 0 Å². The molecule has 3 aliphatic carbocycles. The van der Waals surface area contributed by atoms with Gasteiger partial charge in [0, 0.05) is 6.42 Å². The number of hydrogen-bond donors (Lipinski definition) is 2. The molecule has 0 aliphatic heterocycles. The zero-order valence-corrected chi connectivity index (χ0v) is 10.6. The van der Waals surface area contributed by atoms with E-state index in [0.29, 0.717) is 30.0 Å². The number of fused-ring (bicyclic) bond motifs is 2. The van der Waals surface area contributed by atoms with E-state index >= 15 is 0 Å². The number of carbonyl (C=O) groups is 1. The molecule has 102 valence electrons. The second-order valence-electron chi connectivity index (χ2n) is 5.37. The van der Waals surface area contributed by atoms with Gasteiger partial charge in [-0.1, -0.05) is 12.2 Å². The average Bonchev–Trinajstić information content (AvgIpc) is 2.84. The van der Waals surface area contributed by atoms with Crippen molar-refractivity contribution in [1.82, 2.24) is 15.2 Å². The highest BCUT2D eigenvalue weighted by atomic mass is 16.5. The Morgan fingerprint density at radius 3 is 2.89 bits per heavy atom. The summed E-state index contributed by atoms with van der Waals surface area (Å²) in [5.41, 5.74) is -0.388. The fourth-order valence-corrected chi connectivity index (χ4v) is 3.08. The van der Waals surface area contributed by atoms with Crippen LogP contribution in [0.25, 0.3) is 0 Å². The molecule has 1 fully saturated rings. The van der Waals surface area contributed by atoms with Gasteiger partial charge in [0.2, 0.25) is 0 Å². The van der Waals surface area contributed by atoms with Gasteiger partial charge in [-0.25, -0.2) is 9.89 Å². The minimum absolute atomic E-state index is 0.0221. The maximum Gasteiger partial charge on any atom is 0.340 e. The number of hydrogen-bond acceptors (Lipinski definition) is 4. The Morgan fingerprint density at radius 1 is 1.42 bits per heavy atom.